The number of unbranched alkanes of at least 4 members (excludes halogenated alkanes) is 4. The molecule has 5 rings (SSSR count). The van der Waals surface area contributed by atoms with E-state index < -0.39 is 5.97 Å². The normalized spacial score (nSPS) is 11.1. The van der Waals surface area contributed by atoms with E-state index in [0.29, 0.717) is 30.3 Å². The fourth-order valence-corrected chi connectivity index (χ4v) is 5.74. The molecular weight excluding hydrogens is 717 g/mol. The van der Waals surface area contributed by atoms with Crippen molar-refractivity contribution >= 4 is 28.7 Å². The number of benzene rings is 5. The van der Waals surface area contributed by atoms with Crippen molar-refractivity contribution in [1.82, 2.24) is 0 Å². The first-order chi connectivity index (χ1) is 27.9. The van der Waals surface area contributed by atoms with Crippen molar-refractivity contribution in [1.29, 1.82) is 0 Å². The number of methoxy groups -OCH3 is 2. The van der Waals surface area contributed by atoms with Gasteiger partial charge in [0, 0.05) is 11.6 Å². The van der Waals surface area contributed by atoms with Crippen LogP contribution in [0.2, 0.25) is 0 Å². The van der Waals surface area contributed by atoms with Crippen molar-refractivity contribution in [2.45, 2.75) is 64.9 Å². The number of azo groups is 2. The Morgan fingerprint density at radius 2 is 0.877 bits per heavy atom. The van der Waals surface area contributed by atoms with Crippen molar-refractivity contribution in [3.63, 3.8) is 0 Å². The predicted octanol–water partition coefficient (Wildman–Crippen LogP) is 12.7. The van der Waals surface area contributed by atoms with Gasteiger partial charge in [-0.05, 0) is 160 Å². The maximum atomic E-state index is 12.1. The highest BCUT2D eigenvalue weighted by molar-refractivity contribution is 5.86. The van der Waals surface area contributed by atoms with Gasteiger partial charge in [0.05, 0.1) is 50.2 Å². The number of ether oxygens (including phenoxy) is 5. The predicted molar refractivity (Wildman–Crippen MR) is 224 cm³/mol. The van der Waals surface area contributed by atoms with Crippen LogP contribution in [0.15, 0.2) is 148 Å². The molecule has 57 heavy (non-hydrogen) atoms. The molecule has 0 atom stereocenters. The van der Waals surface area contributed by atoms with E-state index in [9.17, 15) is 4.79 Å². The zero-order valence-electron chi connectivity index (χ0n) is 33.2. The Morgan fingerprint density at radius 1 is 0.491 bits per heavy atom. The summed E-state index contributed by atoms with van der Waals surface area (Å²) >= 11 is 0. The molecule has 0 saturated carbocycles. The van der Waals surface area contributed by atoms with Crippen molar-refractivity contribution in [2.75, 3.05) is 27.4 Å². The van der Waals surface area contributed by atoms with Crippen LogP contribution in [0.3, 0.4) is 0 Å². The van der Waals surface area contributed by atoms with Gasteiger partial charge < -0.3 is 23.7 Å². The summed E-state index contributed by atoms with van der Waals surface area (Å²) < 4.78 is 28.1. The number of carbonyl (C=O) groups excluding carboxylic acids is 1. The molecule has 0 saturated heterocycles. The topological polar surface area (TPSA) is 113 Å². The first kappa shape index (κ1) is 41.9. The number of carbonyl (C=O) groups is 1. The molecule has 0 unspecified atom stereocenters. The Bertz CT molecular complexity index is 1910. The second-order valence-electron chi connectivity index (χ2n) is 13.6. The average Bonchev–Trinajstić information content (AvgIpc) is 3.24. The van der Waals surface area contributed by atoms with E-state index in [-0.39, 0.29) is 6.61 Å². The van der Waals surface area contributed by atoms with E-state index in [1.807, 2.05) is 91.0 Å². The van der Waals surface area contributed by atoms with E-state index in [0.717, 1.165) is 91.2 Å². The van der Waals surface area contributed by atoms with Gasteiger partial charge in [-0.15, -0.1) is 0 Å². The molecule has 5 aromatic carbocycles. The minimum atomic E-state index is -0.427. The molecule has 0 N–H and O–H groups in total. The highest BCUT2D eigenvalue weighted by Gasteiger charge is 2.09. The van der Waals surface area contributed by atoms with Crippen molar-refractivity contribution in [2.24, 2.45) is 20.5 Å². The lowest BCUT2D eigenvalue weighted by atomic mass is 10.1. The smallest absolute Gasteiger partial charge is 0.333 e. The summed E-state index contributed by atoms with van der Waals surface area (Å²) in [6, 6.07) is 37.0. The fourth-order valence-electron chi connectivity index (χ4n) is 5.74. The van der Waals surface area contributed by atoms with Crippen LogP contribution >= 0.6 is 0 Å². The summed E-state index contributed by atoms with van der Waals surface area (Å²) in [5.74, 6) is 2.54. The molecular formula is C47H52N4O6. The van der Waals surface area contributed by atoms with Crippen LogP contribution in [0.4, 0.5) is 22.7 Å². The van der Waals surface area contributed by atoms with Gasteiger partial charge in [0.15, 0.2) is 0 Å². The summed E-state index contributed by atoms with van der Waals surface area (Å²) in [7, 11) is 3.28. The number of esters is 1. The third kappa shape index (κ3) is 15.0. The lowest BCUT2D eigenvalue weighted by molar-refractivity contribution is -0.140. The SMILES string of the molecule is C=C(C)C(=O)OCc1cc(OCCCCCc2ccc(N=Nc3ccc(OC)cc3)cc2)cc(OCCCCCc2ccc(N=Nc3ccc(OC)cc3)cc2)c1. The van der Waals surface area contributed by atoms with Crippen LogP contribution in [0.25, 0.3) is 0 Å². The summed E-state index contributed by atoms with van der Waals surface area (Å²) in [5.41, 5.74) is 6.86. The van der Waals surface area contributed by atoms with Crippen LogP contribution in [-0.4, -0.2) is 33.4 Å². The van der Waals surface area contributed by atoms with Gasteiger partial charge in [-0.3, -0.25) is 0 Å². The van der Waals surface area contributed by atoms with Gasteiger partial charge in [0.2, 0.25) is 0 Å². The molecule has 0 aromatic heterocycles. The zero-order valence-corrected chi connectivity index (χ0v) is 33.2. The maximum Gasteiger partial charge on any atom is 0.333 e. The first-order valence-electron chi connectivity index (χ1n) is 19.4. The quantitative estimate of drug-likeness (QED) is 0.0283. The van der Waals surface area contributed by atoms with Crippen molar-refractivity contribution < 1.29 is 28.5 Å². The third-order valence-electron chi connectivity index (χ3n) is 8.99. The first-order valence-corrected chi connectivity index (χ1v) is 19.4. The summed E-state index contributed by atoms with van der Waals surface area (Å²) in [4.78, 5) is 12.1. The Morgan fingerprint density at radius 3 is 1.25 bits per heavy atom. The summed E-state index contributed by atoms with van der Waals surface area (Å²) in [5, 5.41) is 17.3. The number of nitrogens with zero attached hydrogens (tertiary/aromatic N) is 4. The largest absolute Gasteiger partial charge is 0.497 e. The second kappa shape index (κ2) is 22.9. The van der Waals surface area contributed by atoms with Crippen LogP contribution < -0.4 is 18.9 Å². The zero-order chi connectivity index (χ0) is 40.1. The Kier molecular flexibility index (Phi) is 16.8. The number of hydrogen-bond donors (Lipinski definition) is 0. The van der Waals surface area contributed by atoms with Gasteiger partial charge in [-0.25, -0.2) is 4.79 Å². The molecule has 0 radical (unpaired) electrons. The summed E-state index contributed by atoms with van der Waals surface area (Å²) in [6.07, 6.45) is 7.92. The molecule has 0 amide bonds. The number of aryl methyl sites for hydroxylation is 2. The Hall–Kier alpha value is -6.29. The van der Waals surface area contributed by atoms with Gasteiger partial charge in [-0.1, -0.05) is 30.8 Å². The molecule has 0 bridgehead atoms. The van der Waals surface area contributed by atoms with Crippen molar-refractivity contribution in [3.8, 4) is 23.0 Å². The summed E-state index contributed by atoms with van der Waals surface area (Å²) in [6.45, 7) is 6.57. The molecule has 0 spiro atoms. The molecule has 10 heteroatoms. The standard InChI is InChI=1S/C47H52N4O6/c1-35(2)47(52)57-34-38-31-45(55-29-9-5-7-11-36-13-17-39(18-14-36)48-50-41-21-25-43(53-3)26-22-41)33-46(32-38)56-30-10-6-8-12-37-15-19-40(20-16-37)49-51-42-23-27-44(54-4)28-24-42/h13-28,31-33H,1,5-12,29-30,34H2,2-4H3. The van der Waals surface area contributed by atoms with E-state index in [4.69, 9.17) is 23.7 Å². The van der Waals surface area contributed by atoms with Crippen molar-refractivity contribution in [3.05, 3.63) is 144 Å². The molecule has 0 aliphatic heterocycles. The highest BCUT2D eigenvalue weighted by Crippen LogP contribution is 2.26. The molecule has 5 aromatic rings. The van der Waals surface area contributed by atoms with Crippen LogP contribution in [0.5, 0.6) is 23.0 Å². The van der Waals surface area contributed by atoms with E-state index in [2.05, 4.69) is 51.3 Å². The molecule has 0 aliphatic rings. The van der Waals surface area contributed by atoms with Gasteiger partial charge >= 0.3 is 5.97 Å². The number of hydrogen-bond acceptors (Lipinski definition) is 10. The minimum absolute atomic E-state index is 0.114. The minimum Gasteiger partial charge on any atom is -0.497 e. The third-order valence-corrected chi connectivity index (χ3v) is 8.99. The van der Waals surface area contributed by atoms with Gasteiger partial charge in [-0.2, -0.15) is 20.5 Å². The fraction of sp³-hybridized carbons (Fsp3) is 0.298. The van der Waals surface area contributed by atoms with Crippen LogP contribution in [0.1, 0.15) is 62.1 Å². The van der Waals surface area contributed by atoms with E-state index >= 15 is 0 Å². The highest BCUT2D eigenvalue weighted by atomic mass is 16.5. The van der Waals surface area contributed by atoms with Gasteiger partial charge in [0.1, 0.15) is 29.6 Å². The maximum absolute atomic E-state index is 12.1. The molecule has 296 valence electrons. The molecule has 0 heterocycles. The van der Waals surface area contributed by atoms with Crippen LogP contribution in [0, 0.1) is 0 Å². The van der Waals surface area contributed by atoms with E-state index in [1.165, 1.54) is 11.1 Å². The monoisotopic (exact) mass is 768 g/mol. The molecule has 0 aliphatic carbocycles. The lowest BCUT2D eigenvalue weighted by Gasteiger charge is -2.13. The number of rotatable bonds is 23. The second-order valence-corrected chi connectivity index (χ2v) is 13.6. The van der Waals surface area contributed by atoms with Gasteiger partial charge in [0.25, 0.3) is 0 Å². The average molecular weight is 769 g/mol. The Labute approximate surface area is 336 Å². The molecule has 10 nitrogen and oxygen atoms in total. The van der Waals surface area contributed by atoms with E-state index in [1.54, 1.807) is 21.1 Å². The lowest BCUT2D eigenvalue weighted by Crippen LogP contribution is -2.06. The molecule has 0 fully saturated rings. The Balaban J connectivity index is 1.01. The van der Waals surface area contributed by atoms with Crippen LogP contribution in [-0.2, 0) is 29.0 Å².